The van der Waals surface area contributed by atoms with Crippen molar-refractivity contribution in [2.24, 2.45) is 0 Å². The zero-order valence-corrected chi connectivity index (χ0v) is 11.2. The molecule has 0 saturated heterocycles. The predicted octanol–water partition coefficient (Wildman–Crippen LogP) is 2.87. The van der Waals surface area contributed by atoms with Crippen LogP contribution in [0.25, 0.3) is 0 Å². The molecule has 1 fully saturated rings. The first-order valence-corrected chi connectivity index (χ1v) is 7.26. The Morgan fingerprint density at radius 3 is 2.42 bits per heavy atom. The molecule has 0 aliphatic heterocycles. The zero-order chi connectivity index (χ0) is 13.9. The molecule has 0 radical (unpaired) electrons. The molecule has 4 nitrogen and oxygen atoms in total. The molecule has 1 saturated carbocycles. The minimum Gasteiger partial charge on any atom is -0.296 e. The van der Waals surface area contributed by atoms with Crippen LogP contribution in [0.4, 0.5) is 4.39 Å². The van der Waals surface area contributed by atoms with Crippen molar-refractivity contribution in [3.63, 3.8) is 0 Å². The van der Waals surface area contributed by atoms with Crippen LogP contribution in [0.2, 0.25) is 0 Å². The Morgan fingerprint density at radius 1 is 1.32 bits per heavy atom. The average molecular weight is 285 g/mol. The Kier molecular flexibility index (Phi) is 4.40. The van der Waals surface area contributed by atoms with E-state index in [1.54, 1.807) is 12.1 Å². The fraction of sp³-hybridized carbons (Fsp3) is 0.462. The molecule has 1 aliphatic rings. The van der Waals surface area contributed by atoms with Gasteiger partial charge in [-0.3, -0.25) is 4.79 Å². The zero-order valence-electron chi connectivity index (χ0n) is 10.3. The molecule has 1 aromatic rings. The third kappa shape index (κ3) is 3.06. The van der Waals surface area contributed by atoms with Crippen molar-refractivity contribution in [1.82, 2.24) is 0 Å². The molecule has 19 heavy (non-hydrogen) atoms. The molecule has 102 valence electrons. The fourth-order valence-corrected chi connectivity index (χ4v) is 2.96. The van der Waals surface area contributed by atoms with Gasteiger partial charge >= 0.3 is 8.25 Å². The molecule has 0 bridgehead atoms. The Bertz CT molecular complexity index is 480. The van der Waals surface area contributed by atoms with E-state index in [0.717, 1.165) is 18.4 Å². The highest BCUT2D eigenvalue weighted by molar-refractivity contribution is 7.32. The van der Waals surface area contributed by atoms with Gasteiger partial charge in [0.1, 0.15) is 5.82 Å². The van der Waals surface area contributed by atoms with Gasteiger partial charge in [-0.1, -0.05) is 25.0 Å². The van der Waals surface area contributed by atoms with Crippen LogP contribution < -0.4 is 0 Å². The molecule has 0 aromatic heterocycles. The topological polar surface area (TPSA) is 63.6 Å². The van der Waals surface area contributed by atoms with Crippen LogP contribution in [-0.4, -0.2) is 17.3 Å². The highest BCUT2D eigenvalue weighted by atomic mass is 31.1. The maximum absolute atomic E-state index is 13.0. The van der Waals surface area contributed by atoms with E-state index >= 15 is 0 Å². The monoisotopic (exact) mass is 285 g/mol. The van der Waals surface area contributed by atoms with Crippen LogP contribution >= 0.6 is 8.25 Å². The number of carbonyl (C=O) groups is 1. The lowest BCUT2D eigenvalue weighted by Crippen LogP contribution is -2.35. The number of carbonyl (C=O) groups excluding carboxylic acids is 1. The summed E-state index contributed by atoms with van der Waals surface area (Å²) in [6.07, 6.45) is 3.16. The number of hydrogen-bond donors (Lipinski definition) is 1. The van der Waals surface area contributed by atoms with Crippen LogP contribution in [0.5, 0.6) is 0 Å². The molecule has 0 spiro atoms. The van der Waals surface area contributed by atoms with Crippen molar-refractivity contribution in [3.05, 3.63) is 35.6 Å². The van der Waals surface area contributed by atoms with Gasteiger partial charge < -0.3 is 0 Å². The van der Waals surface area contributed by atoms with Crippen molar-refractivity contribution >= 4 is 14.0 Å². The molecule has 0 heterocycles. The minimum absolute atomic E-state index is 0.214. The van der Waals surface area contributed by atoms with Crippen LogP contribution in [0.15, 0.2) is 24.3 Å². The largest absolute Gasteiger partial charge is 0.695 e. The summed E-state index contributed by atoms with van der Waals surface area (Å²) >= 11 is 0. The molecule has 1 unspecified atom stereocenters. The fourth-order valence-electron chi connectivity index (χ4n) is 2.73. The number of Topliss-reactive ketones (excluding diaryl/α,β-unsaturated/α-hetero) is 1. The average Bonchev–Trinajstić information content (AvgIpc) is 2.87. The molecule has 6 heteroatoms. The summed E-state index contributed by atoms with van der Waals surface area (Å²) in [5.41, 5.74) is 0.0622. The number of halogens is 1. The van der Waals surface area contributed by atoms with Crippen LogP contribution in [0, 0.1) is 5.82 Å². The van der Waals surface area contributed by atoms with Gasteiger partial charge in [0.05, 0.1) is 5.41 Å². The number of ketones is 1. The summed E-state index contributed by atoms with van der Waals surface area (Å²) in [7, 11) is -2.77. The highest BCUT2D eigenvalue weighted by Crippen LogP contribution is 2.42. The van der Waals surface area contributed by atoms with Gasteiger partial charge in [0.15, 0.2) is 12.4 Å². The standard InChI is InChI=1S/C13H14FO4P/c14-11-5-3-10(4-6-11)13(7-1-2-8-13)12(15)9-18-19(16)17/h3-6H,1-2,7-9H2/p+1. The van der Waals surface area contributed by atoms with Crippen LogP contribution in [-0.2, 0) is 19.3 Å². The maximum Gasteiger partial charge on any atom is 0.695 e. The maximum atomic E-state index is 13.0. The molecule has 1 aliphatic carbocycles. The predicted molar refractivity (Wildman–Crippen MR) is 67.3 cm³/mol. The molecular weight excluding hydrogens is 270 g/mol. The van der Waals surface area contributed by atoms with Gasteiger partial charge in [-0.15, -0.1) is 9.42 Å². The number of hydrogen-bond acceptors (Lipinski definition) is 3. The van der Waals surface area contributed by atoms with E-state index in [1.165, 1.54) is 12.1 Å². The lowest BCUT2D eigenvalue weighted by molar-refractivity contribution is -0.126. The normalized spacial score (nSPS) is 18.3. The van der Waals surface area contributed by atoms with Crippen LogP contribution in [0.1, 0.15) is 31.2 Å². The second-order valence-corrected chi connectivity index (χ2v) is 5.46. The lowest BCUT2D eigenvalue weighted by atomic mass is 9.75. The van der Waals surface area contributed by atoms with E-state index in [4.69, 9.17) is 4.89 Å². The summed E-state index contributed by atoms with van der Waals surface area (Å²) in [4.78, 5) is 20.9. The van der Waals surface area contributed by atoms with Crippen LogP contribution in [0.3, 0.4) is 0 Å². The molecule has 1 N–H and O–H groups in total. The Morgan fingerprint density at radius 2 is 1.89 bits per heavy atom. The van der Waals surface area contributed by atoms with Gasteiger partial charge in [0.2, 0.25) is 0 Å². The Labute approximate surface area is 111 Å². The van der Waals surface area contributed by atoms with E-state index in [9.17, 15) is 13.8 Å². The molecular formula is C13H15FO4P+. The molecule has 1 atom stereocenters. The Balaban J connectivity index is 2.24. The van der Waals surface area contributed by atoms with Gasteiger partial charge in [0, 0.05) is 4.57 Å². The van der Waals surface area contributed by atoms with E-state index in [2.05, 4.69) is 4.52 Å². The minimum atomic E-state index is -2.77. The van der Waals surface area contributed by atoms with E-state index < -0.39 is 13.7 Å². The van der Waals surface area contributed by atoms with Gasteiger partial charge in [-0.2, -0.15) is 0 Å². The van der Waals surface area contributed by atoms with E-state index in [1.807, 2.05) is 0 Å². The summed E-state index contributed by atoms with van der Waals surface area (Å²) in [5, 5.41) is 0. The van der Waals surface area contributed by atoms with Crippen molar-refractivity contribution in [1.29, 1.82) is 0 Å². The number of rotatable bonds is 5. The molecule has 0 amide bonds. The summed E-state index contributed by atoms with van der Waals surface area (Å²) in [5.74, 6) is -0.562. The van der Waals surface area contributed by atoms with Gasteiger partial charge in [-0.05, 0) is 30.5 Å². The van der Waals surface area contributed by atoms with Crippen molar-refractivity contribution in [2.45, 2.75) is 31.1 Å². The quantitative estimate of drug-likeness (QED) is 0.845. The number of benzene rings is 1. The first-order valence-electron chi connectivity index (χ1n) is 6.13. The summed E-state index contributed by atoms with van der Waals surface area (Å²) in [6.45, 7) is -0.386. The summed E-state index contributed by atoms with van der Waals surface area (Å²) in [6, 6.07) is 5.88. The summed E-state index contributed by atoms with van der Waals surface area (Å²) < 4.78 is 28.0. The van der Waals surface area contributed by atoms with Crippen molar-refractivity contribution in [3.8, 4) is 0 Å². The smallest absolute Gasteiger partial charge is 0.296 e. The highest BCUT2D eigenvalue weighted by Gasteiger charge is 2.43. The molecule has 2 rings (SSSR count). The third-order valence-corrected chi connectivity index (χ3v) is 4.04. The van der Waals surface area contributed by atoms with Gasteiger partial charge in [0.25, 0.3) is 0 Å². The second-order valence-electron chi connectivity index (χ2n) is 4.73. The van der Waals surface area contributed by atoms with E-state index in [-0.39, 0.29) is 18.2 Å². The first-order chi connectivity index (χ1) is 9.04. The SMILES string of the molecule is O=C(CO[P+](=O)O)C1(c2ccc(F)cc2)CCCC1. The van der Waals surface area contributed by atoms with Crippen molar-refractivity contribution < 1.29 is 23.2 Å². The third-order valence-electron chi connectivity index (χ3n) is 3.69. The van der Waals surface area contributed by atoms with E-state index in [0.29, 0.717) is 12.8 Å². The second kappa shape index (κ2) is 5.87. The lowest BCUT2D eigenvalue weighted by Gasteiger charge is -2.27. The van der Waals surface area contributed by atoms with Gasteiger partial charge in [-0.25, -0.2) is 4.39 Å². The van der Waals surface area contributed by atoms with Crippen molar-refractivity contribution in [2.75, 3.05) is 6.61 Å². The Hall–Kier alpha value is -1.16. The molecule has 1 aromatic carbocycles. The first kappa shape index (κ1) is 14.3.